The predicted molar refractivity (Wildman–Crippen MR) is 63.7 cm³/mol. The monoisotopic (exact) mass is 238 g/mol. The van der Waals surface area contributed by atoms with Crippen LogP contribution in [0.2, 0.25) is 0 Å². The molecule has 0 aromatic heterocycles. The third kappa shape index (κ3) is 4.87. The smallest absolute Gasteiger partial charge is 0.303 e. The van der Waals surface area contributed by atoms with Crippen LogP contribution >= 0.6 is 0 Å². The molecule has 0 bridgehead atoms. The summed E-state index contributed by atoms with van der Waals surface area (Å²) in [5.41, 5.74) is 0.179. The largest absolute Gasteiger partial charge is 0.489 e. The normalized spacial score (nSPS) is 11.1. The molecule has 0 aliphatic rings. The number of rotatable bonds is 5. The molecule has 0 saturated carbocycles. The van der Waals surface area contributed by atoms with E-state index in [4.69, 9.17) is 14.6 Å². The summed E-state index contributed by atoms with van der Waals surface area (Å²) in [6, 6.07) is 7.12. The molecule has 0 fully saturated rings. The fraction of sp³-hybridized carbons (Fsp3) is 0.462. The first-order valence-electron chi connectivity index (χ1n) is 5.45. The summed E-state index contributed by atoms with van der Waals surface area (Å²) in [4.78, 5) is 10.8. The van der Waals surface area contributed by atoms with Crippen molar-refractivity contribution < 1.29 is 19.4 Å². The molecule has 17 heavy (non-hydrogen) atoms. The molecule has 94 valence electrons. The zero-order valence-corrected chi connectivity index (χ0v) is 10.4. The molecule has 0 amide bonds. The first-order chi connectivity index (χ1) is 7.93. The van der Waals surface area contributed by atoms with Gasteiger partial charge in [-0.25, -0.2) is 0 Å². The van der Waals surface area contributed by atoms with Crippen LogP contribution in [-0.4, -0.2) is 23.3 Å². The second-order valence-corrected chi connectivity index (χ2v) is 4.44. The molecule has 1 N–H and O–H groups in total. The molecule has 1 aromatic carbocycles. The summed E-state index contributed by atoms with van der Waals surface area (Å²) < 4.78 is 10.6. The van der Waals surface area contributed by atoms with Gasteiger partial charge in [0.1, 0.15) is 18.0 Å². The maximum atomic E-state index is 10.8. The van der Waals surface area contributed by atoms with E-state index in [9.17, 15) is 4.79 Å². The number of aliphatic hydroxyl groups is 1. The van der Waals surface area contributed by atoms with E-state index in [1.54, 1.807) is 38.1 Å². The van der Waals surface area contributed by atoms with Crippen molar-refractivity contribution in [1.82, 2.24) is 0 Å². The Balaban J connectivity index is 2.51. The Bertz CT molecular complexity index is 368. The molecule has 4 nitrogen and oxygen atoms in total. The van der Waals surface area contributed by atoms with Gasteiger partial charge in [-0.15, -0.1) is 0 Å². The standard InChI is InChI=1S/C13H18O4/c1-10(15)17-13(2,3)9-16-12-6-4-11(8-14)5-7-12/h4-7,14H,8-9H2,1-3H3. The lowest BCUT2D eigenvalue weighted by Crippen LogP contribution is -2.34. The van der Waals surface area contributed by atoms with E-state index in [2.05, 4.69) is 0 Å². The summed E-state index contributed by atoms with van der Waals surface area (Å²) >= 11 is 0. The molecule has 4 heteroatoms. The van der Waals surface area contributed by atoms with E-state index in [0.717, 1.165) is 5.56 Å². The van der Waals surface area contributed by atoms with Crippen LogP contribution in [0.15, 0.2) is 24.3 Å². The lowest BCUT2D eigenvalue weighted by Gasteiger charge is -2.24. The first-order valence-corrected chi connectivity index (χ1v) is 5.45. The van der Waals surface area contributed by atoms with E-state index < -0.39 is 5.60 Å². The summed E-state index contributed by atoms with van der Waals surface area (Å²) in [5, 5.41) is 8.89. The van der Waals surface area contributed by atoms with Crippen molar-refractivity contribution in [2.24, 2.45) is 0 Å². The van der Waals surface area contributed by atoms with Gasteiger partial charge in [0.15, 0.2) is 0 Å². The SMILES string of the molecule is CC(=O)OC(C)(C)COc1ccc(CO)cc1. The Morgan fingerprint density at radius 3 is 2.35 bits per heavy atom. The van der Waals surface area contributed by atoms with E-state index in [-0.39, 0.29) is 19.2 Å². The molecule has 0 saturated heterocycles. The third-order valence-electron chi connectivity index (χ3n) is 2.11. The first kappa shape index (κ1) is 13.5. The molecule has 0 aliphatic heterocycles. The van der Waals surface area contributed by atoms with Crippen molar-refractivity contribution in [3.63, 3.8) is 0 Å². The van der Waals surface area contributed by atoms with Crippen LogP contribution in [0.3, 0.4) is 0 Å². The summed E-state index contributed by atoms with van der Waals surface area (Å²) in [6.07, 6.45) is 0. The highest BCUT2D eigenvalue weighted by Gasteiger charge is 2.22. The molecule has 1 rings (SSSR count). The Kier molecular flexibility index (Phi) is 4.52. The van der Waals surface area contributed by atoms with Crippen molar-refractivity contribution in [1.29, 1.82) is 0 Å². The van der Waals surface area contributed by atoms with Crippen molar-refractivity contribution >= 4 is 5.97 Å². The van der Waals surface area contributed by atoms with E-state index in [1.807, 2.05) is 0 Å². The van der Waals surface area contributed by atoms with Gasteiger partial charge in [-0.2, -0.15) is 0 Å². The van der Waals surface area contributed by atoms with Gasteiger partial charge in [-0.1, -0.05) is 12.1 Å². The minimum absolute atomic E-state index is 0.0131. The molecule has 0 radical (unpaired) electrons. The third-order valence-corrected chi connectivity index (χ3v) is 2.11. The second kappa shape index (κ2) is 5.68. The molecule has 0 aliphatic carbocycles. The Morgan fingerprint density at radius 2 is 1.88 bits per heavy atom. The number of hydrogen-bond acceptors (Lipinski definition) is 4. The van der Waals surface area contributed by atoms with E-state index in [0.29, 0.717) is 5.75 Å². The van der Waals surface area contributed by atoms with Gasteiger partial charge in [-0.3, -0.25) is 4.79 Å². The minimum Gasteiger partial charge on any atom is -0.489 e. The van der Waals surface area contributed by atoms with Crippen LogP contribution in [-0.2, 0) is 16.1 Å². The van der Waals surface area contributed by atoms with Gasteiger partial charge in [-0.05, 0) is 31.5 Å². The van der Waals surface area contributed by atoms with Gasteiger partial charge in [0.25, 0.3) is 0 Å². The lowest BCUT2D eigenvalue weighted by atomic mass is 10.1. The highest BCUT2D eigenvalue weighted by atomic mass is 16.6. The van der Waals surface area contributed by atoms with E-state index >= 15 is 0 Å². The number of carbonyl (C=O) groups is 1. The Labute approximate surface area is 101 Å². The minimum atomic E-state index is -0.651. The molecule has 0 atom stereocenters. The highest BCUT2D eigenvalue weighted by molar-refractivity contribution is 5.66. The van der Waals surface area contributed by atoms with Gasteiger partial charge >= 0.3 is 5.97 Å². The molecular weight excluding hydrogens is 220 g/mol. The summed E-state index contributed by atoms with van der Waals surface area (Å²) in [5.74, 6) is 0.358. The highest BCUT2D eigenvalue weighted by Crippen LogP contribution is 2.16. The summed E-state index contributed by atoms with van der Waals surface area (Å²) in [6.45, 7) is 5.25. The topological polar surface area (TPSA) is 55.8 Å². The predicted octanol–water partition coefficient (Wildman–Crippen LogP) is 1.90. The number of aliphatic hydroxyl groups excluding tert-OH is 1. The maximum absolute atomic E-state index is 10.8. The molecule has 0 heterocycles. The molecular formula is C13H18O4. The average molecular weight is 238 g/mol. The van der Waals surface area contributed by atoms with Crippen molar-refractivity contribution in [3.05, 3.63) is 29.8 Å². The fourth-order valence-electron chi connectivity index (χ4n) is 1.37. The van der Waals surface area contributed by atoms with Crippen LogP contribution in [0, 0.1) is 0 Å². The van der Waals surface area contributed by atoms with E-state index in [1.165, 1.54) is 6.92 Å². The quantitative estimate of drug-likeness (QED) is 0.796. The summed E-state index contributed by atoms with van der Waals surface area (Å²) in [7, 11) is 0. The molecule has 0 unspecified atom stereocenters. The van der Waals surface area contributed by atoms with Crippen molar-refractivity contribution in [3.8, 4) is 5.75 Å². The van der Waals surface area contributed by atoms with Gasteiger partial charge in [0.05, 0.1) is 6.61 Å². The zero-order chi connectivity index (χ0) is 12.9. The molecule has 1 aromatic rings. The average Bonchev–Trinajstić information content (AvgIpc) is 2.25. The van der Waals surface area contributed by atoms with Gasteiger partial charge in [0, 0.05) is 6.92 Å². The van der Waals surface area contributed by atoms with Crippen molar-refractivity contribution in [2.45, 2.75) is 33.0 Å². The van der Waals surface area contributed by atoms with Crippen molar-refractivity contribution in [2.75, 3.05) is 6.61 Å². The fourth-order valence-corrected chi connectivity index (χ4v) is 1.37. The zero-order valence-electron chi connectivity index (χ0n) is 10.4. The van der Waals surface area contributed by atoms with Gasteiger partial charge in [0.2, 0.25) is 0 Å². The van der Waals surface area contributed by atoms with Crippen LogP contribution in [0.5, 0.6) is 5.75 Å². The Morgan fingerprint density at radius 1 is 1.29 bits per heavy atom. The van der Waals surface area contributed by atoms with Crippen LogP contribution in [0.25, 0.3) is 0 Å². The van der Waals surface area contributed by atoms with Crippen LogP contribution < -0.4 is 4.74 Å². The van der Waals surface area contributed by atoms with Crippen LogP contribution in [0.4, 0.5) is 0 Å². The number of carbonyl (C=O) groups excluding carboxylic acids is 1. The van der Waals surface area contributed by atoms with Crippen LogP contribution in [0.1, 0.15) is 26.3 Å². The number of benzene rings is 1. The number of hydrogen-bond donors (Lipinski definition) is 1. The Hall–Kier alpha value is -1.55. The maximum Gasteiger partial charge on any atom is 0.303 e. The molecule has 0 spiro atoms. The number of ether oxygens (including phenoxy) is 2. The van der Waals surface area contributed by atoms with Gasteiger partial charge < -0.3 is 14.6 Å². The lowest BCUT2D eigenvalue weighted by molar-refractivity contribution is -0.156. The second-order valence-electron chi connectivity index (χ2n) is 4.44. The number of esters is 1.